The molecule has 6 nitrogen and oxygen atoms in total. The second kappa shape index (κ2) is 12.2. The summed E-state index contributed by atoms with van der Waals surface area (Å²) in [5.74, 6) is 1.66. The number of carbonyl (C=O) groups excluding carboxylic acids is 1. The van der Waals surface area contributed by atoms with Gasteiger partial charge in [-0.3, -0.25) is 4.90 Å². The standard InChI is InChI=1S/C28H39FN2O4/c1-6-33-24-16-21(17-25(34-7-2)26(24)22-8-10-23(29)11-9-22)19-31-14-12-20(13-15-31)18-30-27(32)35-28(3,4)5/h8-11,16-17,20H,6-7,12-15,18-19H2,1-5H3,(H,30,32). The normalized spacial score (nSPS) is 15.0. The van der Waals surface area contributed by atoms with Crippen molar-refractivity contribution in [3.05, 3.63) is 47.8 Å². The predicted molar refractivity (Wildman–Crippen MR) is 136 cm³/mol. The zero-order valence-corrected chi connectivity index (χ0v) is 21.7. The van der Waals surface area contributed by atoms with E-state index in [-0.39, 0.29) is 11.9 Å². The number of alkyl carbamates (subject to hydrolysis) is 1. The number of nitrogens with zero attached hydrogens (tertiary/aromatic N) is 1. The molecule has 1 saturated heterocycles. The third kappa shape index (κ3) is 8.13. The third-order valence-electron chi connectivity index (χ3n) is 5.91. The summed E-state index contributed by atoms with van der Waals surface area (Å²) in [5, 5.41) is 2.91. The first-order valence-electron chi connectivity index (χ1n) is 12.6. The molecule has 35 heavy (non-hydrogen) atoms. The molecule has 0 aliphatic carbocycles. The molecule has 0 spiro atoms. The lowest BCUT2D eigenvalue weighted by Gasteiger charge is -2.32. The number of benzene rings is 2. The summed E-state index contributed by atoms with van der Waals surface area (Å²) in [6.45, 7) is 13.9. The van der Waals surface area contributed by atoms with Gasteiger partial charge in [0.1, 0.15) is 22.9 Å². The molecule has 0 unspecified atom stereocenters. The van der Waals surface area contributed by atoms with E-state index in [4.69, 9.17) is 14.2 Å². The largest absolute Gasteiger partial charge is 0.493 e. The molecule has 2 aromatic carbocycles. The second-order valence-electron chi connectivity index (χ2n) is 9.94. The molecule has 1 N–H and O–H groups in total. The van der Waals surface area contributed by atoms with E-state index in [1.54, 1.807) is 12.1 Å². The minimum Gasteiger partial charge on any atom is -0.493 e. The van der Waals surface area contributed by atoms with Gasteiger partial charge in [-0.15, -0.1) is 0 Å². The van der Waals surface area contributed by atoms with Crippen LogP contribution in [-0.2, 0) is 11.3 Å². The summed E-state index contributed by atoms with van der Waals surface area (Å²) < 4.78 is 30.8. The van der Waals surface area contributed by atoms with E-state index in [2.05, 4.69) is 22.3 Å². The molecule has 1 amide bonds. The Hall–Kier alpha value is -2.80. The van der Waals surface area contributed by atoms with Gasteiger partial charge in [-0.1, -0.05) is 12.1 Å². The second-order valence-corrected chi connectivity index (χ2v) is 9.94. The fraction of sp³-hybridized carbons (Fsp3) is 0.536. The lowest BCUT2D eigenvalue weighted by atomic mass is 9.96. The number of ether oxygens (including phenoxy) is 3. The molecule has 2 aromatic rings. The van der Waals surface area contributed by atoms with Crippen LogP contribution in [0.2, 0.25) is 0 Å². The van der Waals surface area contributed by atoms with Crippen molar-refractivity contribution in [1.29, 1.82) is 0 Å². The van der Waals surface area contributed by atoms with E-state index in [0.29, 0.717) is 25.7 Å². The number of nitrogens with one attached hydrogen (secondary N) is 1. The zero-order valence-electron chi connectivity index (χ0n) is 21.7. The van der Waals surface area contributed by atoms with Crippen LogP contribution >= 0.6 is 0 Å². The van der Waals surface area contributed by atoms with E-state index in [0.717, 1.165) is 60.7 Å². The maximum absolute atomic E-state index is 13.5. The summed E-state index contributed by atoms with van der Waals surface area (Å²) in [5.41, 5.74) is 2.35. The topological polar surface area (TPSA) is 60.0 Å². The molecule has 192 valence electrons. The van der Waals surface area contributed by atoms with Gasteiger partial charge in [0.2, 0.25) is 0 Å². The van der Waals surface area contributed by atoms with E-state index >= 15 is 0 Å². The number of amides is 1. The number of hydrogen-bond acceptors (Lipinski definition) is 5. The van der Waals surface area contributed by atoms with Crippen molar-refractivity contribution in [3.63, 3.8) is 0 Å². The van der Waals surface area contributed by atoms with Crippen molar-refractivity contribution in [3.8, 4) is 22.6 Å². The number of hydrogen-bond donors (Lipinski definition) is 1. The first-order chi connectivity index (χ1) is 16.7. The molecular weight excluding hydrogens is 447 g/mol. The smallest absolute Gasteiger partial charge is 0.407 e. The Balaban J connectivity index is 1.66. The van der Waals surface area contributed by atoms with Crippen molar-refractivity contribution in [2.24, 2.45) is 5.92 Å². The minimum atomic E-state index is -0.486. The van der Waals surface area contributed by atoms with Crippen molar-refractivity contribution in [1.82, 2.24) is 10.2 Å². The van der Waals surface area contributed by atoms with Gasteiger partial charge < -0.3 is 19.5 Å². The molecule has 7 heteroatoms. The number of piperidine rings is 1. The van der Waals surface area contributed by atoms with Crippen molar-refractivity contribution in [2.75, 3.05) is 32.8 Å². The predicted octanol–water partition coefficient (Wildman–Crippen LogP) is 6.03. The fourth-order valence-electron chi connectivity index (χ4n) is 4.32. The van der Waals surface area contributed by atoms with Gasteiger partial charge in [-0.25, -0.2) is 9.18 Å². The van der Waals surface area contributed by atoms with Crippen LogP contribution in [0, 0.1) is 11.7 Å². The van der Waals surface area contributed by atoms with Gasteiger partial charge in [-0.05, 0) is 102 Å². The molecule has 0 radical (unpaired) electrons. The van der Waals surface area contributed by atoms with Crippen LogP contribution < -0.4 is 14.8 Å². The Morgan fingerprint density at radius 3 is 2.11 bits per heavy atom. The highest BCUT2D eigenvalue weighted by Crippen LogP contribution is 2.40. The Labute approximate surface area is 208 Å². The lowest BCUT2D eigenvalue weighted by molar-refractivity contribution is 0.0509. The lowest BCUT2D eigenvalue weighted by Crippen LogP contribution is -2.40. The average Bonchev–Trinajstić information content (AvgIpc) is 2.79. The van der Waals surface area contributed by atoms with Gasteiger partial charge in [0.25, 0.3) is 0 Å². The Morgan fingerprint density at radius 1 is 1.03 bits per heavy atom. The quantitative estimate of drug-likeness (QED) is 0.469. The van der Waals surface area contributed by atoms with Crippen molar-refractivity contribution in [2.45, 2.75) is 59.6 Å². The molecule has 0 aromatic heterocycles. The van der Waals surface area contributed by atoms with Crippen LogP contribution in [0.1, 0.15) is 53.0 Å². The zero-order chi connectivity index (χ0) is 25.4. The molecule has 1 aliphatic heterocycles. The third-order valence-corrected chi connectivity index (χ3v) is 5.91. The molecule has 1 fully saturated rings. The van der Waals surface area contributed by atoms with Gasteiger partial charge >= 0.3 is 6.09 Å². The summed E-state index contributed by atoms with van der Waals surface area (Å²) in [6.07, 6.45) is 1.67. The molecule has 0 atom stereocenters. The number of rotatable bonds is 9. The first kappa shape index (κ1) is 26.8. The SMILES string of the molecule is CCOc1cc(CN2CCC(CNC(=O)OC(C)(C)C)CC2)cc(OCC)c1-c1ccc(F)cc1. The molecule has 1 aliphatic rings. The molecular formula is C28H39FN2O4. The minimum absolute atomic E-state index is 0.272. The Bertz CT molecular complexity index is 937. The summed E-state index contributed by atoms with van der Waals surface area (Å²) in [7, 11) is 0. The molecule has 1 heterocycles. The monoisotopic (exact) mass is 486 g/mol. The van der Waals surface area contributed by atoms with Crippen LogP contribution in [0.4, 0.5) is 9.18 Å². The highest BCUT2D eigenvalue weighted by Gasteiger charge is 2.23. The number of likely N-dealkylation sites (tertiary alicyclic amines) is 1. The van der Waals surface area contributed by atoms with Crippen LogP contribution in [0.5, 0.6) is 11.5 Å². The van der Waals surface area contributed by atoms with Crippen LogP contribution in [0.15, 0.2) is 36.4 Å². The fourth-order valence-corrected chi connectivity index (χ4v) is 4.32. The average molecular weight is 487 g/mol. The molecule has 0 bridgehead atoms. The van der Waals surface area contributed by atoms with Crippen LogP contribution in [0.3, 0.4) is 0 Å². The highest BCUT2D eigenvalue weighted by atomic mass is 19.1. The van der Waals surface area contributed by atoms with Crippen molar-refractivity contribution >= 4 is 6.09 Å². The van der Waals surface area contributed by atoms with Gasteiger partial charge in [0.15, 0.2) is 0 Å². The van der Waals surface area contributed by atoms with Crippen LogP contribution in [-0.4, -0.2) is 49.4 Å². The first-order valence-corrected chi connectivity index (χ1v) is 12.6. The molecule has 3 rings (SSSR count). The summed E-state index contributed by atoms with van der Waals surface area (Å²) >= 11 is 0. The molecule has 0 saturated carbocycles. The van der Waals surface area contributed by atoms with Crippen molar-refractivity contribution < 1.29 is 23.4 Å². The van der Waals surface area contributed by atoms with E-state index in [1.807, 2.05) is 34.6 Å². The number of carbonyl (C=O) groups is 1. The van der Waals surface area contributed by atoms with Gasteiger partial charge in [-0.2, -0.15) is 0 Å². The number of halogens is 1. The Kier molecular flexibility index (Phi) is 9.38. The summed E-state index contributed by atoms with van der Waals surface area (Å²) in [4.78, 5) is 14.4. The maximum atomic E-state index is 13.5. The van der Waals surface area contributed by atoms with Gasteiger partial charge in [0, 0.05) is 13.1 Å². The van der Waals surface area contributed by atoms with Gasteiger partial charge in [0.05, 0.1) is 18.8 Å². The Morgan fingerprint density at radius 2 is 1.60 bits per heavy atom. The van der Waals surface area contributed by atoms with E-state index in [1.165, 1.54) is 12.1 Å². The maximum Gasteiger partial charge on any atom is 0.407 e. The summed E-state index contributed by atoms with van der Waals surface area (Å²) in [6, 6.07) is 10.6. The highest BCUT2D eigenvalue weighted by molar-refractivity contribution is 5.77. The van der Waals surface area contributed by atoms with E-state index < -0.39 is 5.60 Å². The van der Waals surface area contributed by atoms with Crippen LogP contribution in [0.25, 0.3) is 11.1 Å². The van der Waals surface area contributed by atoms with E-state index in [9.17, 15) is 9.18 Å².